The Morgan fingerprint density at radius 3 is 2.62 bits per heavy atom. The molecule has 172 valence electrons. The summed E-state index contributed by atoms with van der Waals surface area (Å²) in [6.45, 7) is 2.55. The standard InChI is InChI=1S/C24H30ClFN4O2/c1-29(2)23(31)12-18-3-4-20(13-22(18)26)32-10-7-17-11-21(17)16-5-8-30(9-6-16)24-27-14-19(25)15-28-24/h3-4,13-17,21H,5-12H2,1-2H3/t17-,21?/m1/s1. The van der Waals surface area contributed by atoms with Crippen molar-refractivity contribution < 1.29 is 13.9 Å². The van der Waals surface area contributed by atoms with Gasteiger partial charge in [0.05, 0.1) is 30.4 Å². The summed E-state index contributed by atoms with van der Waals surface area (Å²) in [5.41, 5.74) is 0.397. The van der Waals surface area contributed by atoms with Gasteiger partial charge in [0.25, 0.3) is 0 Å². The number of hydrogen-bond donors (Lipinski definition) is 0. The predicted octanol–water partition coefficient (Wildman–Crippen LogP) is 4.22. The van der Waals surface area contributed by atoms with Crippen LogP contribution in [0.2, 0.25) is 5.02 Å². The minimum atomic E-state index is -0.390. The highest BCUT2D eigenvalue weighted by Gasteiger charge is 2.43. The molecule has 1 amide bonds. The Morgan fingerprint density at radius 1 is 1.25 bits per heavy atom. The van der Waals surface area contributed by atoms with Crippen molar-refractivity contribution in [1.82, 2.24) is 14.9 Å². The van der Waals surface area contributed by atoms with E-state index < -0.39 is 5.82 Å². The summed E-state index contributed by atoms with van der Waals surface area (Å²) in [5, 5.41) is 0.560. The van der Waals surface area contributed by atoms with E-state index in [-0.39, 0.29) is 12.3 Å². The molecule has 1 saturated carbocycles. The Bertz CT molecular complexity index is 932. The quantitative estimate of drug-likeness (QED) is 0.590. The van der Waals surface area contributed by atoms with Gasteiger partial charge in [-0.15, -0.1) is 0 Å². The summed E-state index contributed by atoms with van der Waals surface area (Å²) >= 11 is 5.88. The summed E-state index contributed by atoms with van der Waals surface area (Å²) in [6.07, 6.45) is 7.93. The van der Waals surface area contributed by atoms with E-state index in [1.807, 2.05) is 0 Å². The van der Waals surface area contributed by atoms with Gasteiger partial charge in [-0.2, -0.15) is 0 Å². The zero-order valence-corrected chi connectivity index (χ0v) is 19.4. The van der Waals surface area contributed by atoms with Crippen molar-refractivity contribution in [3.63, 3.8) is 0 Å². The smallest absolute Gasteiger partial charge is 0.226 e. The molecule has 4 rings (SSSR count). The van der Waals surface area contributed by atoms with E-state index in [0.717, 1.165) is 50.1 Å². The highest BCUT2D eigenvalue weighted by atomic mass is 35.5. The number of carbonyl (C=O) groups is 1. The molecule has 2 fully saturated rings. The van der Waals surface area contributed by atoms with Crippen LogP contribution in [0.25, 0.3) is 0 Å². The first-order valence-electron chi connectivity index (χ1n) is 11.2. The fraction of sp³-hybridized carbons (Fsp3) is 0.542. The first kappa shape index (κ1) is 22.8. The van der Waals surface area contributed by atoms with Crippen LogP contribution in [0.15, 0.2) is 30.6 Å². The Hall–Kier alpha value is -2.41. The molecule has 1 aromatic carbocycles. The van der Waals surface area contributed by atoms with E-state index in [9.17, 15) is 9.18 Å². The van der Waals surface area contributed by atoms with E-state index >= 15 is 0 Å². The van der Waals surface area contributed by atoms with Gasteiger partial charge in [-0.05, 0) is 55.1 Å². The normalized spacial score (nSPS) is 20.8. The molecule has 1 unspecified atom stereocenters. The molecule has 2 aromatic rings. The van der Waals surface area contributed by atoms with Crippen LogP contribution in [0.5, 0.6) is 5.75 Å². The van der Waals surface area contributed by atoms with E-state index in [2.05, 4.69) is 14.9 Å². The highest BCUT2D eigenvalue weighted by Crippen LogP contribution is 2.49. The molecule has 6 nitrogen and oxygen atoms in total. The average Bonchev–Trinajstić information content (AvgIpc) is 3.55. The second-order valence-electron chi connectivity index (χ2n) is 9.04. The van der Waals surface area contributed by atoms with Gasteiger partial charge in [-0.1, -0.05) is 17.7 Å². The number of amides is 1. The molecule has 2 atom stereocenters. The molecule has 1 aromatic heterocycles. The topological polar surface area (TPSA) is 58.6 Å². The van der Waals surface area contributed by atoms with Crippen molar-refractivity contribution in [2.45, 2.75) is 32.1 Å². The first-order chi connectivity index (χ1) is 15.4. The number of benzene rings is 1. The largest absolute Gasteiger partial charge is 0.493 e. The van der Waals surface area contributed by atoms with Gasteiger partial charge in [0.2, 0.25) is 11.9 Å². The molecule has 32 heavy (non-hydrogen) atoms. The molecular formula is C24H30ClFN4O2. The minimum Gasteiger partial charge on any atom is -0.493 e. The van der Waals surface area contributed by atoms with Gasteiger partial charge < -0.3 is 14.5 Å². The Morgan fingerprint density at radius 2 is 1.97 bits per heavy atom. The second kappa shape index (κ2) is 10.0. The summed E-state index contributed by atoms with van der Waals surface area (Å²) in [5.74, 6) is 2.98. The molecule has 1 aliphatic heterocycles. The van der Waals surface area contributed by atoms with Crippen molar-refractivity contribution in [2.24, 2.45) is 17.8 Å². The van der Waals surface area contributed by atoms with Gasteiger partial charge in [0.15, 0.2) is 0 Å². The van der Waals surface area contributed by atoms with Crippen LogP contribution in [0.1, 0.15) is 31.2 Å². The van der Waals surface area contributed by atoms with Crippen molar-refractivity contribution in [3.05, 3.63) is 47.0 Å². The minimum absolute atomic E-state index is 0.0613. The molecule has 2 aliphatic rings. The summed E-state index contributed by atoms with van der Waals surface area (Å²) in [7, 11) is 3.33. The maximum atomic E-state index is 14.3. The molecule has 1 saturated heterocycles. The van der Waals surface area contributed by atoms with Crippen molar-refractivity contribution >= 4 is 23.5 Å². The van der Waals surface area contributed by atoms with E-state index in [4.69, 9.17) is 16.3 Å². The number of nitrogens with zero attached hydrogens (tertiary/aromatic N) is 4. The van der Waals surface area contributed by atoms with Crippen LogP contribution in [-0.4, -0.2) is 54.6 Å². The number of ether oxygens (including phenoxy) is 1. The zero-order chi connectivity index (χ0) is 22.7. The van der Waals surface area contributed by atoms with Gasteiger partial charge in [0, 0.05) is 33.3 Å². The third-order valence-electron chi connectivity index (χ3n) is 6.63. The van der Waals surface area contributed by atoms with Gasteiger partial charge in [-0.3, -0.25) is 4.79 Å². The Balaban J connectivity index is 1.17. The van der Waals surface area contributed by atoms with Crippen LogP contribution in [-0.2, 0) is 11.2 Å². The number of aromatic nitrogens is 2. The van der Waals surface area contributed by atoms with Crippen LogP contribution >= 0.6 is 11.6 Å². The van der Waals surface area contributed by atoms with E-state index in [0.29, 0.717) is 28.9 Å². The SMILES string of the molecule is CN(C)C(=O)Cc1ccc(OCC[C@@H]2CC2C2CCN(c3ncc(Cl)cn3)CC2)cc1F. The van der Waals surface area contributed by atoms with Crippen LogP contribution < -0.4 is 9.64 Å². The summed E-state index contributed by atoms with van der Waals surface area (Å²) in [4.78, 5) is 24.1. The summed E-state index contributed by atoms with van der Waals surface area (Å²) in [6, 6.07) is 4.78. The Kier molecular flexibility index (Phi) is 7.13. The molecule has 1 aliphatic carbocycles. The average molecular weight is 461 g/mol. The monoisotopic (exact) mass is 460 g/mol. The first-order valence-corrected chi connectivity index (χ1v) is 11.6. The zero-order valence-electron chi connectivity index (χ0n) is 18.6. The van der Waals surface area contributed by atoms with Crippen molar-refractivity contribution in [3.8, 4) is 5.75 Å². The van der Waals surface area contributed by atoms with Crippen LogP contribution in [0, 0.1) is 23.6 Å². The Labute approximate surface area is 193 Å². The lowest BCUT2D eigenvalue weighted by atomic mass is 9.90. The van der Waals surface area contributed by atoms with Gasteiger partial charge in [0.1, 0.15) is 11.6 Å². The van der Waals surface area contributed by atoms with E-state index in [1.54, 1.807) is 38.6 Å². The third-order valence-corrected chi connectivity index (χ3v) is 6.83. The fourth-order valence-electron chi connectivity index (χ4n) is 4.59. The maximum Gasteiger partial charge on any atom is 0.226 e. The molecule has 0 bridgehead atoms. The number of piperidine rings is 1. The third kappa shape index (κ3) is 5.68. The molecule has 2 heterocycles. The number of rotatable bonds is 8. The molecular weight excluding hydrogens is 431 g/mol. The van der Waals surface area contributed by atoms with Gasteiger partial charge >= 0.3 is 0 Å². The number of likely N-dealkylation sites (N-methyl/N-ethyl adjacent to an activating group) is 1. The van der Waals surface area contributed by atoms with Crippen molar-refractivity contribution in [1.29, 1.82) is 0 Å². The molecule has 0 N–H and O–H groups in total. The van der Waals surface area contributed by atoms with Crippen molar-refractivity contribution in [2.75, 3.05) is 38.7 Å². The lowest BCUT2D eigenvalue weighted by Gasteiger charge is -2.32. The number of carbonyl (C=O) groups excluding carboxylic acids is 1. The highest BCUT2D eigenvalue weighted by molar-refractivity contribution is 6.30. The molecule has 0 spiro atoms. The fourth-order valence-corrected chi connectivity index (χ4v) is 4.68. The van der Waals surface area contributed by atoms with E-state index in [1.165, 1.54) is 17.4 Å². The lowest BCUT2D eigenvalue weighted by molar-refractivity contribution is -0.128. The second-order valence-corrected chi connectivity index (χ2v) is 9.48. The summed E-state index contributed by atoms with van der Waals surface area (Å²) < 4.78 is 20.1. The molecule has 8 heteroatoms. The maximum absolute atomic E-state index is 14.3. The van der Waals surface area contributed by atoms with Crippen LogP contribution in [0.4, 0.5) is 10.3 Å². The predicted molar refractivity (Wildman–Crippen MR) is 122 cm³/mol. The lowest BCUT2D eigenvalue weighted by Crippen LogP contribution is -2.35. The number of hydrogen-bond acceptors (Lipinski definition) is 5. The molecule has 0 radical (unpaired) electrons. The van der Waals surface area contributed by atoms with Crippen LogP contribution in [0.3, 0.4) is 0 Å². The number of halogens is 2. The van der Waals surface area contributed by atoms with Gasteiger partial charge in [-0.25, -0.2) is 14.4 Å². The number of anilines is 1.